The zero-order chi connectivity index (χ0) is 16.9. The number of esters is 1. The first-order valence-electron chi connectivity index (χ1n) is 7.91. The average molecular weight is 414 g/mol. The molecule has 2 rings (SSSR count). The first-order chi connectivity index (χ1) is 9.84. The van der Waals surface area contributed by atoms with Crippen molar-refractivity contribution in [3.05, 3.63) is 28.8 Å². The quantitative estimate of drug-likeness (QED) is 0.278. The zero-order valence-corrected chi connectivity index (χ0v) is 16.9. The summed E-state index contributed by atoms with van der Waals surface area (Å²) >= 11 is 2.24. The van der Waals surface area contributed by atoms with Crippen LogP contribution in [0.15, 0.2) is 12.1 Å². The number of aryl methyl sites for hydroxylation is 1. The minimum Gasteiger partial charge on any atom is -0.425 e. The number of halogens is 1. The zero-order valence-electron chi connectivity index (χ0n) is 14.8. The molecule has 122 valence electrons. The van der Waals surface area contributed by atoms with Gasteiger partial charge >= 0.3 is 5.97 Å². The Morgan fingerprint density at radius 1 is 1.05 bits per heavy atom. The predicted octanol–water partition coefficient (Wildman–Crippen LogP) is 5.46. The van der Waals surface area contributed by atoms with Crippen LogP contribution < -0.4 is 4.74 Å². The monoisotopic (exact) mass is 414 g/mol. The first-order valence-corrected chi connectivity index (χ1v) is 8.99. The summed E-state index contributed by atoms with van der Waals surface area (Å²) in [6, 6.07) is 4.31. The lowest BCUT2D eigenvalue weighted by Gasteiger charge is -2.30. The molecule has 0 aliphatic heterocycles. The maximum Gasteiger partial charge on any atom is 0.327 e. The van der Waals surface area contributed by atoms with Crippen LogP contribution in [0.1, 0.15) is 71.1 Å². The highest BCUT2D eigenvalue weighted by molar-refractivity contribution is 14.1. The molecule has 0 radical (unpaired) electrons. The molecule has 3 heteroatoms. The molecule has 0 atom stereocenters. The van der Waals surface area contributed by atoms with E-state index < -0.39 is 0 Å². The van der Waals surface area contributed by atoms with Crippen LogP contribution in [-0.4, -0.2) is 9.39 Å². The fraction of sp³-hybridized carbons (Fsp3) is 0.632. The van der Waals surface area contributed by atoms with Gasteiger partial charge in [-0.2, -0.15) is 0 Å². The van der Waals surface area contributed by atoms with Gasteiger partial charge in [0.2, 0.25) is 0 Å². The number of benzene rings is 1. The molecule has 2 nitrogen and oxygen atoms in total. The van der Waals surface area contributed by atoms with Gasteiger partial charge in [-0.15, -0.1) is 0 Å². The first kappa shape index (κ1) is 17.8. The van der Waals surface area contributed by atoms with Crippen LogP contribution in [0.2, 0.25) is 0 Å². The number of carbonyl (C=O) groups excluding carboxylic acids is 1. The summed E-state index contributed by atoms with van der Waals surface area (Å²) in [5.41, 5.74) is 3.32. The van der Waals surface area contributed by atoms with Crippen molar-refractivity contribution in [2.75, 3.05) is 0 Å². The van der Waals surface area contributed by atoms with Gasteiger partial charge < -0.3 is 4.74 Å². The van der Waals surface area contributed by atoms with E-state index in [-0.39, 0.29) is 20.2 Å². The van der Waals surface area contributed by atoms with E-state index in [0.717, 1.165) is 29.7 Å². The minimum absolute atomic E-state index is 0.0659. The maximum absolute atomic E-state index is 12.5. The van der Waals surface area contributed by atoms with E-state index in [1.165, 1.54) is 5.56 Å². The van der Waals surface area contributed by atoms with E-state index in [2.05, 4.69) is 83.2 Å². The Kier molecular flexibility index (Phi) is 4.44. The lowest BCUT2D eigenvalue weighted by molar-refractivity contribution is -0.134. The highest BCUT2D eigenvalue weighted by Gasteiger charge is 2.49. The smallest absolute Gasteiger partial charge is 0.327 e. The normalized spacial score (nSPS) is 17.3. The second kappa shape index (κ2) is 5.50. The number of alkyl halides is 1. The highest BCUT2D eigenvalue weighted by atomic mass is 127. The molecule has 0 saturated heterocycles. The van der Waals surface area contributed by atoms with Crippen LogP contribution in [0, 0.1) is 6.92 Å². The predicted molar refractivity (Wildman–Crippen MR) is 100 cm³/mol. The van der Waals surface area contributed by atoms with E-state index in [0.29, 0.717) is 0 Å². The Balaban J connectivity index is 2.59. The molecule has 0 heterocycles. The molecule has 1 aromatic rings. The summed E-state index contributed by atoms with van der Waals surface area (Å²) in [5.74, 6) is 0.687. The largest absolute Gasteiger partial charge is 0.425 e. The topological polar surface area (TPSA) is 26.3 Å². The summed E-state index contributed by atoms with van der Waals surface area (Å²) in [4.78, 5) is 12.5. The van der Waals surface area contributed by atoms with Crippen LogP contribution in [-0.2, 0) is 15.6 Å². The Morgan fingerprint density at radius 3 is 1.77 bits per heavy atom. The van der Waals surface area contributed by atoms with E-state index in [1.807, 2.05) is 0 Å². The maximum atomic E-state index is 12.5. The van der Waals surface area contributed by atoms with E-state index >= 15 is 0 Å². The summed E-state index contributed by atoms with van der Waals surface area (Å²) in [6.07, 6.45) is 1.85. The highest BCUT2D eigenvalue weighted by Crippen LogP contribution is 2.48. The van der Waals surface area contributed by atoms with Gasteiger partial charge in [0, 0.05) is 11.1 Å². The molecule has 0 amide bonds. The Labute approximate surface area is 148 Å². The number of carbonyl (C=O) groups is 1. The summed E-state index contributed by atoms with van der Waals surface area (Å²) < 4.78 is 5.67. The Bertz CT molecular complexity index is 564. The molecule has 1 aliphatic rings. The van der Waals surface area contributed by atoms with Crippen LogP contribution in [0.5, 0.6) is 5.75 Å². The van der Waals surface area contributed by atoms with E-state index in [1.54, 1.807) is 0 Å². The second-order valence-corrected chi connectivity index (χ2v) is 10.6. The number of ether oxygens (including phenoxy) is 1. The summed E-state index contributed by atoms with van der Waals surface area (Å²) in [6.45, 7) is 15.1. The molecule has 0 spiro atoms. The minimum atomic E-state index is -0.299. The third-order valence-corrected chi connectivity index (χ3v) is 5.62. The van der Waals surface area contributed by atoms with Crippen LogP contribution in [0.3, 0.4) is 0 Å². The summed E-state index contributed by atoms with van der Waals surface area (Å²) in [5, 5.41) is 0. The molecular formula is C19H27IO2. The van der Waals surface area contributed by atoms with Crippen molar-refractivity contribution in [1.82, 2.24) is 0 Å². The Hall–Kier alpha value is -0.580. The summed E-state index contributed by atoms with van der Waals surface area (Å²) in [7, 11) is 0. The third kappa shape index (κ3) is 3.66. The fourth-order valence-electron chi connectivity index (χ4n) is 2.50. The van der Waals surface area contributed by atoms with E-state index in [9.17, 15) is 4.79 Å². The van der Waals surface area contributed by atoms with Crippen LogP contribution in [0.25, 0.3) is 0 Å². The molecule has 1 fully saturated rings. The number of hydrogen-bond donors (Lipinski definition) is 0. The van der Waals surface area contributed by atoms with Gasteiger partial charge in [0.25, 0.3) is 0 Å². The number of rotatable bonds is 2. The van der Waals surface area contributed by atoms with Gasteiger partial charge in [-0.3, -0.25) is 4.79 Å². The Morgan fingerprint density at radius 2 is 1.45 bits per heavy atom. The molecule has 0 aromatic heterocycles. The van der Waals surface area contributed by atoms with Gasteiger partial charge in [-0.25, -0.2) is 0 Å². The lowest BCUT2D eigenvalue weighted by atomic mass is 9.78. The van der Waals surface area contributed by atoms with Crippen LogP contribution >= 0.6 is 22.6 Å². The van der Waals surface area contributed by atoms with Gasteiger partial charge in [-0.1, -0.05) is 81.8 Å². The SMILES string of the molecule is Cc1cc(C(C)(C)C)c(OC(=O)C2(I)CC2)c(C(C)(C)C)c1. The molecule has 0 N–H and O–H groups in total. The molecule has 0 bridgehead atoms. The lowest BCUT2D eigenvalue weighted by Crippen LogP contribution is -2.26. The molecule has 1 aromatic carbocycles. The second-order valence-electron chi connectivity index (χ2n) is 8.54. The van der Waals surface area contributed by atoms with Crippen molar-refractivity contribution in [3.63, 3.8) is 0 Å². The van der Waals surface area contributed by atoms with Gasteiger partial charge in [0.05, 0.1) is 0 Å². The third-order valence-electron chi connectivity index (χ3n) is 4.10. The van der Waals surface area contributed by atoms with Gasteiger partial charge in [-0.05, 0) is 30.6 Å². The van der Waals surface area contributed by atoms with E-state index in [4.69, 9.17) is 4.74 Å². The van der Waals surface area contributed by atoms with Crippen molar-refractivity contribution in [2.45, 2.75) is 75.6 Å². The molecule has 1 aliphatic carbocycles. The van der Waals surface area contributed by atoms with Crippen molar-refractivity contribution in [2.24, 2.45) is 0 Å². The molecule has 22 heavy (non-hydrogen) atoms. The molecule has 1 saturated carbocycles. The van der Waals surface area contributed by atoms with Crippen molar-refractivity contribution >= 4 is 28.6 Å². The molecule has 0 unspecified atom stereocenters. The van der Waals surface area contributed by atoms with Gasteiger partial charge in [0.1, 0.15) is 9.17 Å². The average Bonchev–Trinajstić information content (AvgIpc) is 3.07. The molecular weight excluding hydrogens is 387 g/mol. The standard InChI is InChI=1S/C19H27IO2/c1-12-10-13(17(2,3)4)15(14(11-12)18(5,6)7)22-16(21)19(20)8-9-19/h10-11H,8-9H2,1-7H3. The number of hydrogen-bond acceptors (Lipinski definition) is 2. The van der Waals surface area contributed by atoms with Crippen molar-refractivity contribution in [1.29, 1.82) is 0 Å². The van der Waals surface area contributed by atoms with Crippen molar-refractivity contribution in [3.8, 4) is 5.75 Å². The fourth-order valence-corrected chi connectivity index (χ4v) is 2.88. The van der Waals surface area contributed by atoms with Crippen molar-refractivity contribution < 1.29 is 9.53 Å². The van der Waals surface area contributed by atoms with Gasteiger partial charge in [0.15, 0.2) is 0 Å². The van der Waals surface area contributed by atoms with Crippen LogP contribution in [0.4, 0.5) is 0 Å².